The maximum Gasteiger partial charge on any atom is 0.259 e. The third-order valence-electron chi connectivity index (χ3n) is 9.31. The SMILES string of the molecule is CCc1noc(C)c1C(=O)N1CCCOc2cccc3c2OC[C@@]2(CNC(=O)CCC1)CN(C(=O)Cc1ccc(F)cc1F)C[C@@H]32. The quantitative estimate of drug-likeness (QED) is 0.457. The van der Waals surface area contributed by atoms with Gasteiger partial charge in [-0.05, 0) is 43.9 Å². The van der Waals surface area contributed by atoms with Crippen LogP contribution in [0.25, 0.3) is 0 Å². The van der Waals surface area contributed by atoms with Gasteiger partial charge in [-0.2, -0.15) is 0 Å². The molecule has 5 heterocycles. The highest BCUT2D eigenvalue weighted by atomic mass is 19.1. The van der Waals surface area contributed by atoms with Crippen molar-refractivity contribution in [3.63, 3.8) is 0 Å². The van der Waals surface area contributed by atoms with E-state index >= 15 is 0 Å². The molecule has 2 aromatic carbocycles. The van der Waals surface area contributed by atoms with Crippen LogP contribution in [0.5, 0.6) is 11.5 Å². The molecular weight excluding hydrogens is 598 g/mol. The van der Waals surface area contributed by atoms with Gasteiger partial charge in [0.15, 0.2) is 11.5 Å². The van der Waals surface area contributed by atoms with Crippen LogP contribution < -0.4 is 14.8 Å². The van der Waals surface area contributed by atoms with E-state index < -0.39 is 17.0 Å². The molecule has 3 aromatic rings. The van der Waals surface area contributed by atoms with Gasteiger partial charge in [0, 0.05) is 62.1 Å². The number of carbonyl (C=O) groups is 3. The fourth-order valence-corrected chi connectivity index (χ4v) is 6.83. The minimum absolute atomic E-state index is 0.124. The molecule has 1 spiro atoms. The number of aryl methyl sites for hydroxylation is 2. The van der Waals surface area contributed by atoms with E-state index in [4.69, 9.17) is 14.0 Å². The maximum atomic E-state index is 14.4. The highest BCUT2D eigenvalue weighted by Gasteiger charge is 2.53. The minimum atomic E-state index is -0.762. The van der Waals surface area contributed by atoms with Gasteiger partial charge in [-0.25, -0.2) is 8.78 Å². The molecule has 12 heteroatoms. The van der Waals surface area contributed by atoms with E-state index in [0.29, 0.717) is 80.6 Å². The summed E-state index contributed by atoms with van der Waals surface area (Å²) in [4.78, 5) is 43.6. The summed E-state index contributed by atoms with van der Waals surface area (Å²) in [5.41, 5.74) is 1.45. The first-order valence-electron chi connectivity index (χ1n) is 15.8. The number of rotatable bonds is 4. The van der Waals surface area contributed by atoms with Crippen LogP contribution in [0.2, 0.25) is 0 Å². The number of aromatic nitrogens is 1. The van der Waals surface area contributed by atoms with Crippen molar-refractivity contribution in [2.24, 2.45) is 5.41 Å². The molecule has 4 bridgehead atoms. The first kappa shape index (κ1) is 31.5. The van der Waals surface area contributed by atoms with Crippen LogP contribution in [0.1, 0.15) is 65.0 Å². The predicted octanol–water partition coefficient (Wildman–Crippen LogP) is 4.19. The number of nitrogens with one attached hydrogen (secondary N) is 1. The van der Waals surface area contributed by atoms with Crippen LogP contribution in [0.3, 0.4) is 0 Å². The average Bonchev–Trinajstić information content (AvgIpc) is 3.62. The van der Waals surface area contributed by atoms with Crippen molar-refractivity contribution in [2.45, 2.75) is 51.9 Å². The molecule has 1 aromatic heterocycles. The number of likely N-dealkylation sites (tertiary alicyclic amines) is 1. The predicted molar refractivity (Wildman–Crippen MR) is 163 cm³/mol. The number of fused-ring (bicyclic) bond motifs is 11. The molecule has 3 amide bonds. The molecule has 7 rings (SSSR count). The Balaban J connectivity index is 1.23. The summed E-state index contributed by atoms with van der Waals surface area (Å²) < 4.78 is 45.7. The van der Waals surface area contributed by atoms with Crippen LogP contribution in [0, 0.1) is 24.0 Å². The van der Waals surface area contributed by atoms with Crippen LogP contribution in [0.15, 0.2) is 40.9 Å². The van der Waals surface area contributed by atoms with Gasteiger partial charge in [-0.3, -0.25) is 14.4 Å². The Bertz CT molecular complexity index is 1640. The summed E-state index contributed by atoms with van der Waals surface area (Å²) in [7, 11) is 0. The zero-order valence-corrected chi connectivity index (χ0v) is 26.1. The Morgan fingerprint density at radius 1 is 1.11 bits per heavy atom. The summed E-state index contributed by atoms with van der Waals surface area (Å²) in [5.74, 6) is -0.619. The van der Waals surface area contributed by atoms with Crippen molar-refractivity contribution in [1.29, 1.82) is 0 Å². The lowest BCUT2D eigenvalue weighted by Crippen LogP contribution is -2.48. The van der Waals surface area contributed by atoms with Crippen LogP contribution in [-0.4, -0.2) is 78.6 Å². The standard InChI is InChI=1S/C34H38F2N4O6/c1-3-27-31(21(2)46-38-27)33(43)39-12-5-9-29(41)37-18-34-19-40(30(42)15-22-10-11-23(35)16-26(22)36)17-25(34)24-7-4-8-28(32(24)45-20-34)44-14-6-13-39/h4,7-8,10-11,16,25H,3,5-6,9,12-15,17-20H2,1-2H3,(H,37,41)/t25-,34+/m0/s1. The van der Waals surface area contributed by atoms with E-state index in [1.54, 1.807) is 16.7 Å². The molecule has 10 nitrogen and oxygen atoms in total. The molecule has 0 radical (unpaired) electrons. The van der Waals surface area contributed by atoms with E-state index in [1.807, 2.05) is 25.1 Å². The molecule has 2 atom stereocenters. The van der Waals surface area contributed by atoms with Gasteiger partial charge in [-0.15, -0.1) is 0 Å². The molecule has 1 fully saturated rings. The lowest BCUT2D eigenvalue weighted by atomic mass is 9.73. The number of nitrogens with zero attached hydrogens (tertiary/aromatic N) is 3. The van der Waals surface area contributed by atoms with Crippen molar-refractivity contribution >= 4 is 17.7 Å². The highest BCUT2D eigenvalue weighted by Crippen LogP contribution is 2.52. The minimum Gasteiger partial charge on any atom is -0.490 e. The topological polar surface area (TPSA) is 114 Å². The highest BCUT2D eigenvalue weighted by molar-refractivity contribution is 5.96. The molecule has 4 aliphatic heterocycles. The number of benzene rings is 2. The van der Waals surface area contributed by atoms with E-state index in [9.17, 15) is 23.2 Å². The number of hydrogen-bond acceptors (Lipinski definition) is 7. The molecule has 4 aliphatic rings. The fourth-order valence-electron chi connectivity index (χ4n) is 6.83. The first-order chi connectivity index (χ1) is 22.2. The number of halogens is 2. The van der Waals surface area contributed by atoms with Crippen molar-refractivity contribution in [2.75, 3.05) is 45.9 Å². The third kappa shape index (κ3) is 6.17. The summed E-state index contributed by atoms with van der Waals surface area (Å²) in [6.07, 6.45) is 1.56. The second-order valence-electron chi connectivity index (χ2n) is 12.4. The second kappa shape index (κ2) is 13.1. The monoisotopic (exact) mass is 636 g/mol. The fraction of sp³-hybridized carbons (Fsp3) is 0.471. The molecule has 1 saturated heterocycles. The normalized spacial score (nSPS) is 21.7. The summed E-state index contributed by atoms with van der Waals surface area (Å²) in [5, 5.41) is 7.10. The summed E-state index contributed by atoms with van der Waals surface area (Å²) in [6.45, 7) is 5.93. The third-order valence-corrected chi connectivity index (χ3v) is 9.31. The van der Waals surface area contributed by atoms with Gasteiger partial charge in [-0.1, -0.05) is 30.3 Å². The van der Waals surface area contributed by atoms with Crippen LogP contribution in [-0.2, 0) is 22.4 Å². The number of hydrogen-bond donors (Lipinski definition) is 1. The van der Waals surface area contributed by atoms with E-state index in [-0.39, 0.29) is 55.2 Å². The Hall–Kier alpha value is -4.48. The van der Waals surface area contributed by atoms with Gasteiger partial charge in [0.2, 0.25) is 11.8 Å². The van der Waals surface area contributed by atoms with Gasteiger partial charge >= 0.3 is 0 Å². The van der Waals surface area contributed by atoms with Crippen molar-refractivity contribution in [3.05, 3.63) is 76.2 Å². The Morgan fingerprint density at radius 2 is 1.93 bits per heavy atom. The molecular formula is C34H38F2N4O6. The van der Waals surface area contributed by atoms with Crippen LogP contribution >= 0.6 is 0 Å². The van der Waals surface area contributed by atoms with Gasteiger partial charge < -0.3 is 29.1 Å². The molecule has 0 unspecified atom stereocenters. The average molecular weight is 637 g/mol. The summed E-state index contributed by atoms with van der Waals surface area (Å²) >= 11 is 0. The van der Waals surface area contributed by atoms with Crippen LogP contribution in [0.4, 0.5) is 8.78 Å². The maximum absolute atomic E-state index is 14.4. The van der Waals surface area contributed by atoms with E-state index in [0.717, 1.165) is 17.7 Å². The number of ether oxygens (including phenoxy) is 2. The molecule has 46 heavy (non-hydrogen) atoms. The summed E-state index contributed by atoms with van der Waals surface area (Å²) in [6, 6.07) is 8.88. The van der Waals surface area contributed by atoms with Gasteiger partial charge in [0.05, 0.1) is 25.3 Å². The first-order valence-corrected chi connectivity index (χ1v) is 15.8. The molecule has 0 aliphatic carbocycles. The largest absolute Gasteiger partial charge is 0.490 e. The number of amides is 3. The number of para-hydroxylation sites is 1. The van der Waals surface area contributed by atoms with Crippen molar-refractivity contribution in [3.8, 4) is 11.5 Å². The van der Waals surface area contributed by atoms with Gasteiger partial charge in [0.1, 0.15) is 23.0 Å². The van der Waals surface area contributed by atoms with Crippen molar-refractivity contribution in [1.82, 2.24) is 20.3 Å². The lowest BCUT2D eigenvalue weighted by molar-refractivity contribution is -0.130. The van der Waals surface area contributed by atoms with E-state index in [1.165, 1.54) is 6.07 Å². The molecule has 1 N–H and O–H groups in total. The Morgan fingerprint density at radius 3 is 2.74 bits per heavy atom. The molecule has 0 saturated carbocycles. The zero-order chi connectivity index (χ0) is 32.4. The lowest BCUT2D eigenvalue weighted by Gasteiger charge is -2.40. The second-order valence-corrected chi connectivity index (χ2v) is 12.4. The van der Waals surface area contributed by atoms with Gasteiger partial charge in [0.25, 0.3) is 5.91 Å². The number of carbonyl (C=O) groups excluding carboxylic acids is 3. The smallest absolute Gasteiger partial charge is 0.259 e. The molecule has 244 valence electrons. The van der Waals surface area contributed by atoms with Crippen molar-refractivity contribution < 1.29 is 37.2 Å². The Labute approximate surface area is 266 Å². The Kier molecular flexibility index (Phi) is 8.97. The zero-order valence-electron chi connectivity index (χ0n) is 26.1. The van der Waals surface area contributed by atoms with E-state index in [2.05, 4.69) is 10.5 Å².